The van der Waals surface area contributed by atoms with Crippen LogP contribution >= 0.6 is 0 Å². The van der Waals surface area contributed by atoms with E-state index >= 15 is 0 Å². The Kier molecular flexibility index (Phi) is 4.46. The van der Waals surface area contributed by atoms with Gasteiger partial charge in [0.1, 0.15) is 11.6 Å². The first-order valence-corrected chi connectivity index (χ1v) is 8.80. The van der Waals surface area contributed by atoms with Crippen molar-refractivity contribution in [3.63, 3.8) is 0 Å². The van der Waals surface area contributed by atoms with Crippen molar-refractivity contribution >= 4 is 16.9 Å². The number of nitrogens with one attached hydrogen (secondary N) is 1. The first-order valence-electron chi connectivity index (χ1n) is 8.80. The Hall–Kier alpha value is -2.67. The second kappa shape index (κ2) is 6.92. The lowest BCUT2D eigenvalue weighted by molar-refractivity contribution is 0.0932. The normalized spacial score (nSPS) is 19.8. The van der Waals surface area contributed by atoms with E-state index in [4.69, 9.17) is 14.5 Å². The van der Waals surface area contributed by atoms with E-state index in [1.807, 2.05) is 49.2 Å². The number of hydrogen-bond donors (Lipinski definition) is 1. The molecule has 1 aromatic carbocycles. The monoisotopic (exact) mass is 353 g/mol. The zero-order chi connectivity index (χ0) is 18.1. The molecule has 0 saturated carbocycles. The topological polar surface area (TPSA) is 74.1 Å². The largest absolute Gasteiger partial charge is 0.497 e. The van der Waals surface area contributed by atoms with Crippen molar-refractivity contribution in [1.29, 1.82) is 0 Å². The molecule has 2 atom stereocenters. The molecule has 1 aliphatic heterocycles. The van der Waals surface area contributed by atoms with Crippen molar-refractivity contribution in [2.45, 2.75) is 19.4 Å². The van der Waals surface area contributed by atoms with Gasteiger partial charge in [-0.2, -0.15) is 5.10 Å². The van der Waals surface area contributed by atoms with Gasteiger partial charge in [0.25, 0.3) is 0 Å². The SMILES string of the molecule is COc1ccc2nc(NC[C@@H]3CCO[C@H]3c3cnn(C)c3)c(C)nc2c1. The Labute approximate surface area is 152 Å². The van der Waals surface area contributed by atoms with Crippen LogP contribution in [0.5, 0.6) is 5.75 Å². The predicted octanol–water partition coefficient (Wildman–Crippen LogP) is 2.87. The Morgan fingerprint density at radius 3 is 2.96 bits per heavy atom. The van der Waals surface area contributed by atoms with E-state index in [0.717, 1.165) is 53.4 Å². The molecule has 26 heavy (non-hydrogen) atoms. The van der Waals surface area contributed by atoms with Gasteiger partial charge in [0.15, 0.2) is 0 Å². The van der Waals surface area contributed by atoms with Crippen LogP contribution in [0.25, 0.3) is 11.0 Å². The maximum absolute atomic E-state index is 5.94. The molecular formula is C19H23N5O2. The van der Waals surface area contributed by atoms with Gasteiger partial charge >= 0.3 is 0 Å². The van der Waals surface area contributed by atoms with Gasteiger partial charge < -0.3 is 14.8 Å². The number of aryl methyl sites for hydroxylation is 2. The number of anilines is 1. The third kappa shape index (κ3) is 3.22. The molecule has 0 aliphatic carbocycles. The molecule has 0 spiro atoms. The molecule has 1 fully saturated rings. The summed E-state index contributed by atoms with van der Waals surface area (Å²) in [4.78, 5) is 9.39. The molecule has 0 bridgehead atoms. The molecule has 2 aromatic heterocycles. The summed E-state index contributed by atoms with van der Waals surface area (Å²) in [5.74, 6) is 1.99. The van der Waals surface area contributed by atoms with Crippen LogP contribution in [0.2, 0.25) is 0 Å². The van der Waals surface area contributed by atoms with E-state index in [-0.39, 0.29) is 6.10 Å². The molecule has 136 valence electrons. The molecule has 0 unspecified atom stereocenters. The quantitative estimate of drug-likeness (QED) is 0.760. The van der Waals surface area contributed by atoms with Crippen molar-refractivity contribution < 1.29 is 9.47 Å². The van der Waals surface area contributed by atoms with Gasteiger partial charge in [-0.05, 0) is 25.5 Å². The molecule has 1 saturated heterocycles. The van der Waals surface area contributed by atoms with Crippen LogP contribution < -0.4 is 10.1 Å². The number of ether oxygens (including phenoxy) is 2. The minimum Gasteiger partial charge on any atom is -0.497 e. The molecule has 0 amide bonds. The van der Waals surface area contributed by atoms with Crippen LogP contribution in [0.1, 0.15) is 23.8 Å². The Morgan fingerprint density at radius 1 is 1.31 bits per heavy atom. The highest BCUT2D eigenvalue weighted by Crippen LogP contribution is 2.34. The maximum Gasteiger partial charge on any atom is 0.148 e. The Bertz CT molecular complexity index is 923. The van der Waals surface area contributed by atoms with E-state index in [1.165, 1.54) is 0 Å². The number of rotatable bonds is 5. The summed E-state index contributed by atoms with van der Waals surface area (Å²) in [5, 5.41) is 7.73. The van der Waals surface area contributed by atoms with Crippen molar-refractivity contribution in [2.75, 3.05) is 25.6 Å². The van der Waals surface area contributed by atoms with Gasteiger partial charge in [-0.25, -0.2) is 9.97 Å². The molecule has 7 nitrogen and oxygen atoms in total. The van der Waals surface area contributed by atoms with Gasteiger partial charge in [-0.1, -0.05) is 0 Å². The fourth-order valence-electron chi connectivity index (χ4n) is 3.44. The fourth-order valence-corrected chi connectivity index (χ4v) is 3.44. The minimum absolute atomic E-state index is 0.0779. The Morgan fingerprint density at radius 2 is 2.19 bits per heavy atom. The summed E-state index contributed by atoms with van der Waals surface area (Å²) in [6, 6.07) is 5.74. The number of nitrogens with zero attached hydrogens (tertiary/aromatic N) is 4. The lowest BCUT2D eigenvalue weighted by Gasteiger charge is -2.18. The average molecular weight is 353 g/mol. The van der Waals surface area contributed by atoms with E-state index < -0.39 is 0 Å². The highest BCUT2D eigenvalue weighted by atomic mass is 16.5. The summed E-state index contributed by atoms with van der Waals surface area (Å²) in [6.07, 6.45) is 5.01. The highest BCUT2D eigenvalue weighted by Gasteiger charge is 2.30. The molecule has 7 heteroatoms. The number of fused-ring (bicyclic) bond motifs is 1. The lowest BCUT2D eigenvalue weighted by Crippen LogP contribution is -2.19. The van der Waals surface area contributed by atoms with E-state index in [9.17, 15) is 0 Å². The number of aromatic nitrogens is 4. The van der Waals surface area contributed by atoms with Crippen LogP contribution in [-0.4, -0.2) is 40.0 Å². The third-order valence-corrected chi connectivity index (χ3v) is 4.84. The second-order valence-corrected chi connectivity index (χ2v) is 6.68. The van der Waals surface area contributed by atoms with Crippen LogP contribution in [0.3, 0.4) is 0 Å². The standard InChI is InChI=1S/C19H23N5O2/c1-12-19(23-16-5-4-15(25-3)8-17(16)22-12)20-9-13-6-7-26-18(13)14-10-21-24(2)11-14/h4-5,8,10-11,13,18H,6-7,9H2,1-3H3,(H,20,23)/t13-,18+/m0/s1. The van der Waals surface area contributed by atoms with Crippen molar-refractivity contribution in [3.05, 3.63) is 41.9 Å². The molecule has 1 N–H and O–H groups in total. The zero-order valence-corrected chi connectivity index (χ0v) is 15.3. The van der Waals surface area contributed by atoms with Gasteiger partial charge in [0.05, 0.1) is 36.1 Å². The van der Waals surface area contributed by atoms with Gasteiger partial charge in [-0.15, -0.1) is 0 Å². The predicted molar refractivity (Wildman–Crippen MR) is 99.3 cm³/mol. The Balaban J connectivity index is 1.51. The zero-order valence-electron chi connectivity index (χ0n) is 15.3. The first kappa shape index (κ1) is 16.8. The fraction of sp³-hybridized carbons (Fsp3) is 0.421. The van der Waals surface area contributed by atoms with Crippen LogP contribution in [-0.2, 0) is 11.8 Å². The summed E-state index contributed by atoms with van der Waals surface area (Å²) >= 11 is 0. The average Bonchev–Trinajstić information content (AvgIpc) is 3.27. The molecule has 3 heterocycles. The number of hydrogen-bond acceptors (Lipinski definition) is 6. The number of benzene rings is 1. The minimum atomic E-state index is 0.0779. The van der Waals surface area contributed by atoms with Crippen molar-refractivity contribution in [1.82, 2.24) is 19.7 Å². The lowest BCUT2D eigenvalue weighted by atomic mass is 9.97. The molecule has 4 rings (SSSR count). The maximum atomic E-state index is 5.94. The van der Waals surface area contributed by atoms with Crippen molar-refractivity contribution in [3.8, 4) is 5.75 Å². The van der Waals surface area contributed by atoms with Gasteiger partial charge in [0, 0.05) is 43.9 Å². The third-order valence-electron chi connectivity index (χ3n) is 4.84. The van der Waals surface area contributed by atoms with Crippen LogP contribution in [0.4, 0.5) is 5.82 Å². The molecule has 3 aromatic rings. The smallest absolute Gasteiger partial charge is 0.148 e. The second-order valence-electron chi connectivity index (χ2n) is 6.68. The molecule has 1 aliphatic rings. The van der Waals surface area contributed by atoms with E-state index in [0.29, 0.717) is 5.92 Å². The van der Waals surface area contributed by atoms with E-state index in [2.05, 4.69) is 15.4 Å². The van der Waals surface area contributed by atoms with Crippen molar-refractivity contribution in [2.24, 2.45) is 13.0 Å². The van der Waals surface area contributed by atoms with E-state index in [1.54, 1.807) is 7.11 Å². The highest BCUT2D eigenvalue weighted by molar-refractivity contribution is 5.78. The summed E-state index contributed by atoms with van der Waals surface area (Å²) in [5.41, 5.74) is 3.70. The summed E-state index contributed by atoms with van der Waals surface area (Å²) in [6.45, 7) is 3.53. The van der Waals surface area contributed by atoms with Gasteiger partial charge in [-0.3, -0.25) is 4.68 Å². The summed E-state index contributed by atoms with van der Waals surface area (Å²) in [7, 11) is 3.58. The molecule has 0 radical (unpaired) electrons. The van der Waals surface area contributed by atoms with Gasteiger partial charge in [0.2, 0.25) is 0 Å². The first-order chi connectivity index (χ1) is 12.6. The summed E-state index contributed by atoms with van der Waals surface area (Å²) < 4.78 is 13.0. The number of methoxy groups -OCH3 is 1. The molecular weight excluding hydrogens is 330 g/mol. The van der Waals surface area contributed by atoms with Crippen LogP contribution in [0.15, 0.2) is 30.6 Å². The van der Waals surface area contributed by atoms with Crippen LogP contribution in [0, 0.1) is 12.8 Å².